The van der Waals surface area contributed by atoms with Crippen molar-refractivity contribution in [3.05, 3.63) is 70.7 Å². The minimum Gasteiger partial charge on any atom is -0.465 e. The Kier molecular flexibility index (Phi) is 10.5. The Labute approximate surface area is 209 Å². The van der Waals surface area contributed by atoms with E-state index < -0.39 is 12.2 Å². The van der Waals surface area contributed by atoms with Crippen LogP contribution in [0.5, 0.6) is 0 Å². The Bertz CT molecular complexity index is 1220. The number of aromatic nitrogens is 1. The van der Waals surface area contributed by atoms with Crippen LogP contribution in [0.4, 0.5) is 26.1 Å². The van der Waals surface area contributed by atoms with Gasteiger partial charge in [0.15, 0.2) is 5.13 Å². The van der Waals surface area contributed by atoms with E-state index in [0.29, 0.717) is 39.9 Å². The van der Waals surface area contributed by atoms with Crippen LogP contribution in [0.15, 0.2) is 59.6 Å². The number of hydrogen-bond donors (Lipinski definition) is 6. The average molecular weight is 513 g/mol. The maximum absolute atomic E-state index is 12.8. The molecule has 0 saturated carbocycles. The number of amides is 4. The number of para-hydroxylation sites is 1. The zero-order valence-electron chi connectivity index (χ0n) is 19.1. The first-order valence-corrected chi connectivity index (χ1v) is 11.2. The van der Waals surface area contributed by atoms with Gasteiger partial charge >= 0.3 is 12.2 Å². The van der Waals surface area contributed by atoms with E-state index >= 15 is 0 Å². The molecule has 4 amide bonds. The number of primary amides is 1. The number of nitrogens with one attached hydrogen (secondary N) is 3. The second-order valence-electron chi connectivity index (χ2n) is 7.01. The third-order valence-electron chi connectivity index (χ3n) is 4.21. The van der Waals surface area contributed by atoms with E-state index in [2.05, 4.69) is 31.7 Å². The molecule has 0 fully saturated rings. The highest BCUT2D eigenvalue weighted by Gasteiger charge is 2.19. The van der Waals surface area contributed by atoms with Gasteiger partial charge in [0.1, 0.15) is 4.88 Å². The lowest BCUT2D eigenvalue weighted by atomic mass is 10.1. The fraction of sp³-hybridized carbons (Fsp3) is 0.130. The van der Waals surface area contributed by atoms with Gasteiger partial charge in [0.05, 0.1) is 17.7 Å². The third kappa shape index (κ3) is 10.0. The number of rotatable bonds is 8. The Morgan fingerprint density at radius 3 is 2.22 bits per heavy atom. The summed E-state index contributed by atoms with van der Waals surface area (Å²) in [6.45, 7) is 1.39. The van der Waals surface area contributed by atoms with Gasteiger partial charge in [-0.3, -0.25) is 14.9 Å². The molecule has 0 aliphatic rings. The molecule has 2 aromatic carbocycles. The van der Waals surface area contributed by atoms with E-state index in [-0.39, 0.29) is 11.8 Å². The first kappa shape index (κ1) is 27.5. The molecule has 0 aliphatic heterocycles. The van der Waals surface area contributed by atoms with Crippen molar-refractivity contribution >= 4 is 58.2 Å². The average Bonchev–Trinajstić information content (AvgIpc) is 3.20. The van der Waals surface area contributed by atoms with Crippen molar-refractivity contribution in [2.45, 2.75) is 19.8 Å². The van der Waals surface area contributed by atoms with Crippen LogP contribution in [0, 0.1) is 0 Å². The monoisotopic (exact) mass is 512 g/mol. The molecular formula is C23H24N6O6S. The van der Waals surface area contributed by atoms with Gasteiger partial charge in [0.25, 0.3) is 5.91 Å². The highest BCUT2D eigenvalue weighted by atomic mass is 32.1. The molecule has 13 heteroatoms. The zero-order chi connectivity index (χ0) is 26.5. The zero-order valence-corrected chi connectivity index (χ0v) is 19.9. The maximum Gasteiger partial charge on any atom is 0.409 e. The van der Waals surface area contributed by atoms with E-state index in [1.807, 2.05) is 30.3 Å². The second kappa shape index (κ2) is 13.8. The maximum atomic E-state index is 12.8. The normalized spacial score (nSPS) is 10.1. The quantitative estimate of drug-likeness (QED) is 0.195. The van der Waals surface area contributed by atoms with Crippen LogP contribution < -0.4 is 21.7 Å². The molecular weight excluding hydrogens is 488 g/mol. The molecule has 188 valence electrons. The molecule has 1 aromatic heterocycles. The van der Waals surface area contributed by atoms with Gasteiger partial charge in [-0.1, -0.05) is 41.7 Å². The van der Waals surface area contributed by atoms with Crippen LogP contribution in [0.2, 0.25) is 0 Å². The number of nitrogens with zero attached hydrogens (tertiary/aromatic N) is 2. The molecule has 0 atom stereocenters. The summed E-state index contributed by atoms with van der Waals surface area (Å²) >= 11 is 1.14. The van der Waals surface area contributed by atoms with Crippen molar-refractivity contribution < 1.29 is 29.4 Å². The van der Waals surface area contributed by atoms with Crippen molar-refractivity contribution in [2.75, 3.05) is 10.6 Å². The molecule has 1 heterocycles. The van der Waals surface area contributed by atoms with Crippen LogP contribution >= 0.6 is 11.3 Å². The first-order valence-electron chi connectivity index (χ1n) is 10.4. The molecule has 0 saturated heterocycles. The molecule has 0 unspecified atom stereocenters. The van der Waals surface area contributed by atoms with Gasteiger partial charge in [-0.25, -0.2) is 19.6 Å². The molecule has 0 radical (unpaired) electrons. The molecule has 0 spiro atoms. The van der Waals surface area contributed by atoms with Gasteiger partial charge in [0, 0.05) is 12.6 Å². The number of nitrogens with two attached hydrogens (primary N) is 1. The predicted octanol–water partition coefficient (Wildman–Crippen LogP) is 3.69. The largest absolute Gasteiger partial charge is 0.465 e. The van der Waals surface area contributed by atoms with E-state index in [1.165, 1.54) is 6.92 Å². The standard InChI is InChI=1S/C22H21N5O4S.CH3NO2/c1-14(28)25-21-27-18(19(32-21)20(29)26-17-5-3-2-4-6-17)12-9-15-7-10-16(11-8-15)23-13-24-22(30)31;2-1(3)4/h2-8,10-11,13H,9,12H2,1H3,(H,23,24)(H,26,29)(H,30,31)(H,25,27,28);2H2,(H,3,4). The SMILES string of the molecule is CC(=O)Nc1nc(CCc2ccc(N=CNC(=O)O)cc2)c(C(=O)Nc2ccccc2)s1.NC(=O)O. The first-order chi connectivity index (χ1) is 17.1. The Morgan fingerprint density at radius 2 is 1.64 bits per heavy atom. The number of carbonyl (C=O) groups is 4. The third-order valence-corrected chi connectivity index (χ3v) is 5.22. The number of carboxylic acid groups (broad SMARTS) is 2. The molecule has 12 nitrogen and oxygen atoms in total. The summed E-state index contributed by atoms with van der Waals surface area (Å²) in [6.07, 6.45) is -0.295. The number of hydrogen-bond acceptors (Lipinski definition) is 7. The van der Waals surface area contributed by atoms with Gasteiger partial charge < -0.3 is 26.6 Å². The number of benzene rings is 2. The van der Waals surface area contributed by atoms with Crippen molar-refractivity contribution in [3.8, 4) is 0 Å². The van der Waals surface area contributed by atoms with E-state index in [4.69, 9.17) is 15.0 Å². The van der Waals surface area contributed by atoms with E-state index in [1.54, 1.807) is 24.3 Å². The summed E-state index contributed by atoms with van der Waals surface area (Å²) in [5.74, 6) is -0.537. The van der Waals surface area contributed by atoms with Gasteiger partial charge in [-0.2, -0.15) is 0 Å². The summed E-state index contributed by atoms with van der Waals surface area (Å²) in [6, 6.07) is 16.4. The van der Waals surface area contributed by atoms with Gasteiger partial charge in [-0.15, -0.1) is 0 Å². The van der Waals surface area contributed by atoms with Crippen LogP contribution in [-0.2, 0) is 17.6 Å². The molecule has 0 bridgehead atoms. The summed E-state index contributed by atoms with van der Waals surface area (Å²) < 4.78 is 0. The number of thiazole rings is 1. The number of aliphatic imine (C=N–C) groups is 1. The topological polar surface area (TPSA) is 196 Å². The lowest BCUT2D eigenvalue weighted by Crippen LogP contribution is -2.17. The second-order valence-corrected chi connectivity index (χ2v) is 8.01. The lowest BCUT2D eigenvalue weighted by Gasteiger charge is -2.05. The number of carbonyl (C=O) groups excluding carboxylic acids is 2. The Hall–Kier alpha value is -4.78. The van der Waals surface area contributed by atoms with E-state index in [9.17, 15) is 14.4 Å². The summed E-state index contributed by atoms with van der Waals surface area (Å²) in [4.78, 5) is 52.3. The molecule has 3 rings (SSSR count). The van der Waals surface area contributed by atoms with Crippen LogP contribution in [-0.4, -0.2) is 45.5 Å². The molecule has 36 heavy (non-hydrogen) atoms. The fourth-order valence-corrected chi connectivity index (χ4v) is 3.74. The highest BCUT2D eigenvalue weighted by Crippen LogP contribution is 2.26. The van der Waals surface area contributed by atoms with Crippen LogP contribution in [0.25, 0.3) is 0 Å². The number of anilines is 2. The Morgan fingerprint density at radius 1 is 1.00 bits per heavy atom. The molecule has 0 aliphatic carbocycles. The van der Waals surface area contributed by atoms with Crippen LogP contribution in [0.1, 0.15) is 27.9 Å². The molecule has 3 aromatic rings. The van der Waals surface area contributed by atoms with Crippen molar-refractivity contribution in [2.24, 2.45) is 10.7 Å². The fourth-order valence-electron chi connectivity index (χ4n) is 2.79. The minimum atomic E-state index is -1.33. The van der Waals surface area contributed by atoms with E-state index in [0.717, 1.165) is 23.2 Å². The summed E-state index contributed by atoms with van der Waals surface area (Å²) in [5.41, 5.74) is 6.90. The summed E-state index contributed by atoms with van der Waals surface area (Å²) in [5, 5.41) is 23.7. The smallest absolute Gasteiger partial charge is 0.409 e. The summed E-state index contributed by atoms with van der Waals surface area (Å²) in [7, 11) is 0. The lowest BCUT2D eigenvalue weighted by molar-refractivity contribution is -0.114. The number of aryl methyl sites for hydroxylation is 2. The minimum absolute atomic E-state index is 0.256. The van der Waals surface area contributed by atoms with Crippen LogP contribution in [0.3, 0.4) is 0 Å². The predicted molar refractivity (Wildman–Crippen MR) is 136 cm³/mol. The van der Waals surface area contributed by atoms with Crippen molar-refractivity contribution in [3.63, 3.8) is 0 Å². The van der Waals surface area contributed by atoms with Gasteiger partial charge in [-0.05, 0) is 42.7 Å². The Balaban J connectivity index is 0.00000106. The van der Waals surface area contributed by atoms with Crippen molar-refractivity contribution in [1.82, 2.24) is 10.3 Å². The van der Waals surface area contributed by atoms with Crippen molar-refractivity contribution in [1.29, 1.82) is 0 Å². The highest BCUT2D eigenvalue weighted by molar-refractivity contribution is 7.17. The molecule has 7 N–H and O–H groups in total. The van der Waals surface area contributed by atoms with Gasteiger partial charge in [0.2, 0.25) is 5.91 Å².